The van der Waals surface area contributed by atoms with Gasteiger partial charge in [-0.2, -0.15) is 0 Å². The standard InChI is InChI=1S/C19H27N5S/c1-15-13-22-18(25-15)10-11-21-19(20-2)23-16-7-6-12-24(14-16)17-8-4-3-5-9-17/h3-5,8-9,13,16H,6-7,10-12,14H2,1-2H3,(H2,20,21,23). The van der Waals surface area contributed by atoms with Gasteiger partial charge in [0.25, 0.3) is 0 Å². The maximum atomic E-state index is 4.41. The molecule has 1 aliphatic heterocycles. The van der Waals surface area contributed by atoms with E-state index in [1.165, 1.54) is 28.4 Å². The average Bonchev–Trinajstić information content (AvgIpc) is 3.07. The van der Waals surface area contributed by atoms with Gasteiger partial charge in [-0.15, -0.1) is 11.3 Å². The maximum Gasteiger partial charge on any atom is 0.191 e. The highest BCUT2D eigenvalue weighted by atomic mass is 32.1. The van der Waals surface area contributed by atoms with Gasteiger partial charge < -0.3 is 15.5 Å². The third-order valence-corrected chi connectivity index (χ3v) is 5.38. The minimum absolute atomic E-state index is 0.419. The number of benzene rings is 1. The van der Waals surface area contributed by atoms with Gasteiger partial charge in [0.1, 0.15) is 0 Å². The predicted octanol–water partition coefficient (Wildman–Crippen LogP) is 2.83. The van der Waals surface area contributed by atoms with E-state index in [9.17, 15) is 0 Å². The Kier molecular flexibility index (Phi) is 6.28. The molecule has 1 atom stereocenters. The number of hydrogen-bond donors (Lipinski definition) is 2. The first kappa shape index (κ1) is 17.7. The fourth-order valence-electron chi connectivity index (χ4n) is 3.16. The number of anilines is 1. The van der Waals surface area contributed by atoms with Crippen molar-refractivity contribution in [3.05, 3.63) is 46.4 Å². The molecule has 3 rings (SSSR count). The van der Waals surface area contributed by atoms with Crippen molar-refractivity contribution >= 4 is 23.0 Å². The number of aromatic nitrogens is 1. The summed E-state index contributed by atoms with van der Waals surface area (Å²) in [7, 11) is 1.83. The lowest BCUT2D eigenvalue weighted by molar-refractivity contribution is 0.468. The normalized spacial score (nSPS) is 18.2. The molecular formula is C19H27N5S. The van der Waals surface area contributed by atoms with Crippen molar-refractivity contribution in [3.63, 3.8) is 0 Å². The van der Waals surface area contributed by atoms with Gasteiger partial charge in [0.15, 0.2) is 5.96 Å². The largest absolute Gasteiger partial charge is 0.369 e. The molecule has 1 aliphatic rings. The summed E-state index contributed by atoms with van der Waals surface area (Å²) < 4.78 is 0. The number of rotatable bonds is 5. The molecule has 2 aromatic rings. The summed E-state index contributed by atoms with van der Waals surface area (Å²) in [6, 6.07) is 11.1. The quantitative estimate of drug-likeness (QED) is 0.638. The molecular weight excluding hydrogens is 330 g/mol. The van der Waals surface area contributed by atoms with Crippen molar-refractivity contribution in [1.29, 1.82) is 0 Å². The molecule has 5 nitrogen and oxygen atoms in total. The summed E-state index contributed by atoms with van der Waals surface area (Å²) in [6.45, 7) is 5.08. The molecule has 2 N–H and O–H groups in total. The number of guanidine groups is 1. The fraction of sp³-hybridized carbons (Fsp3) is 0.474. The van der Waals surface area contributed by atoms with E-state index in [4.69, 9.17) is 0 Å². The second-order valence-corrected chi connectivity index (χ2v) is 7.70. The van der Waals surface area contributed by atoms with Crippen LogP contribution in [0.2, 0.25) is 0 Å². The van der Waals surface area contributed by atoms with Crippen molar-refractivity contribution in [2.24, 2.45) is 4.99 Å². The highest BCUT2D eigenvalue weighted by Crippen LogP contribution is 2.19. The zero-order chi connectivity index (χ0) is 17.5. The van der Waals surface area contributed by atoms with Gasteiger partial charge in [-0.05, 0) is 31.9 Å². The molecule has 0 amide bonds. The van der Waals surface area contributed by atoms with Crippen molar-refractivity contribution in [1.82, 2.24) is 15.6 Å². The fourth-order valence-corrected chi connectivity index (χ4v) is 3.95. The second kappa shape index (κ2) is 8.85. The van der Waals surface area contributed by atoms with E-state index < -0.39 is 0 Å². The topological polar surface area (TPSA) is 52.6 Å². The molecule has 0 saturated carbocycles. The number of aryl methyl sites for hydroxylation is 1. The van der Waals surface area contributed by atoms with Gasteiger partial charge >= 0.3 is 0 Å². The molecule has 2 heterocycles. The van der Waals surface area contributed by atoms with E-state index in [1.54, 1.807) is 11.3 Å². The number of aliphatic imine (C=N–C) groups is 1. The highest BCUT2D eigenvalue weighted by Gasteiger charge is 2.20. The van der Waals surface area contributed by atoms with Crippen LogP contribution in [-0.2, 0) is 6.42 Å². The van der Waals surface area contributed by atoms with Crippen LogP contribution < -0.4 is 15.5 Å². The Morgan fingerprint density at radius 3 is 2.92 bits per heavy atom. The Balaban J connectivity index is 1.47. The lowest BCUT2D eigenvalue weighted by atomic mass is 10.1. The molecule has 0 radical (unpaired) electrons. The van der Waals surface area contributed by atoms with Crippen molar-refractivity contribution in [3.8, 4) is 0 Å². The SMILES string of the molecule is CN=C(NCCc1ncc(C)s1)NC1CCCN(c2ccccc2)C1. The first-order valence-corrected chi connectivity index (χ1v) is 9.75. The number of hydrogen-bond acceptors (Lipinski definition) is 4. The number of para-hydroxylation sites is 1. The van der Waals surface area contributed by atoms with Gasteiger partial charge in [-0.1, -0.05) is 18.2 Å². The van der Waals surface area contributed by atoms with Gasteiger partial charge in [-0.25, -0.2) is 4.98 Å². The van der Waals surface area contributed by atoms with E-state index in [0.29, 0.717) is 6.04 Å². The van der Waals surface area contributed by atoms with Crippen LogP contribution in [0.5, 0.6) is 0 Å². The Bertz CT molecular complexity index is 682. The maximum absolute atomic E-state index is 4.41. The smallest absolute Gasteiger partial charge is 0.191 e. The number of piperidine rings is 1. The zero-order valence-electron chi connectivity index (χ0n) is 15.0. The molecule has 6 heteroatoms. The molecule has 0 aliphatic carbocycles. The van der Waals surface area contributed by atoms with Gasteiger partial charge in [0, 0.05) is 55.9 Å². The predicted molar refractivity (Wildman–Crippen MR) is 107 cm³/mol. The number of thiazole rings is 1. The van der Waals surface area contributed by atoms with Crippen molar-refractivity contribution in [2.75, 3.05) is 31.6 Å². The van der Waals surface area contributed by atoms with Crippen LogP contribution in [0.4, 0.5) is 5.69 Å². The molecule has 134 valence electrons. The first-order chi connectivity index (χ1) is 12.2. The molecule has 0 spiro atoms. The van der Waals surface area contributed by atoms with E-state index in [-0.39, 0.29) is 0 Å². The monoisotopic (exact) mass is 357 g/mol. The second-order valence-electron chi connectivity index (χ2n) is 6.38. The Morgan fingerprint density at radius 2 is 2.20 bits per heavy atom. The summed E-state index contributed by atoms with van der Waals surface area (Å²) in [5.41, 5.74) is 1.30. The van der Waals surface area contributed by atoms with Gasteiger partial charge in [0.05, 0.1) is 5.01 Å². The number of nitrogens with one attached hydrogen (secondary N) is 2. The van der Waals surface area contributed by atoms with E-state index in [0.717, 1.165) is 32.0 Å². The number of nitrogens with zero attached hydrogens (tertiary/aromatic N) is 3. The first-order valence-electron chi connectivity index (χ1n) is 8.93. The summed E-state index contributed by atoms with van der Waals surface area (Å²) >= 11 is 1.76. The van der Waals surface area contributed by atoms with Crippen LogP contribution in [0.1, 0.15) is 22.7 Å². The van der Waals surface area contributed by atoms with Crippen LogP contribution in [0, 0.1) is 6.92 Å². The van der Waals surface area contributed by atoms with Crippen LogP contribution in [0.3, 0.4) is 0 Å². The van der Waals surface area contributed by atoms with Gasteiger partial charge in [0.2, 0.25) is 0 Å². The lowest BCUT2D eigenvalue weighted by Crippen LogP contribution is -2.51. The molecule has 1 unspecified atom stereocenters. The summed E-state index contributed by atoms with van der Waals surface area (Å²) in [5.74, 6) is 0.883. The zero-order valence-corrected chi connectivity index (χ0v) is 15.9. The molecule has 1 saturated heterocycles. The van der Waals surface area contributed by atoms with E-state index >= 15 is 0 Å². The van der Waals surface area contributed by atoms with Crippen LogP contribution in [-0.4, -0.2) is 43.7 Å². The molecule has 25 heavy (non-hydrogen) atoms. The molecule has 0 bridgehead atoms. The molecule has 1 aromatic heterocycles. The van der Waals surface area contributed by atoms with Crippen molar-refractivity contribution < 1.29 is 0 Å². The molecule has 1 fully saturated rings. The van der Waals surface area contributed by atoms with Crippen LogP contribution >= 0.6 is 11.3 Å². The Hall–Kier alpha value is -2.08. The van der Waals surface area contributed by atoms with Crippen LogP contribution in [0.25, 0.3) is 0 Å². The average molecular weight is 358 g/mol. The highest BCUT2D eigenvalue weighted by molar-refractivity contribution is 7.11. The van der Waals surface area contributed by atoms with E-state index in [1.807, 2.05) is 13.2 Å². The third-order valence-electron chi connectivity index (χ3n) is 4.41. The van der Waals surface area contributed by atoms with Crippen molar-refractivity contribution in [2.45, 2.75) is 32.2 Å². The Labute approximate surface area is 154 Å². The Morgan fingerprint density at radius 1 is 1.36 bits per heavy atom. The summed E-state index contributed by atoms with van der Waals surface area (Å²) in [4.78, 5) is 12.5. The minimum atomic E-state index is 0.419. The third kappa shape index (κ3) is 5.19. The minimum Gasteiger partial charge on any atom is -0.369 e. The van der Waals surface area contributed by atoms with Gasteiger partial charge in [-0.3, -0.25) is 4.99 Å². The molecule has 1 aromatic carbocycles. The summed E-state index contributed by atoms with van der Waals surface area (Å²) in [6.07, 6.45) is 5.24. The van der Waals surface area contributed by atoms with Crippen LogP contribution in [0.15, 0.2) is 41.5 Å². The summed E-state index contributed by atoms with van der Waals surface area (Å²) in [5, 5.41) is 8.17. The lowest BCUT2D eigenvalue weighted by Gasteiger charge is -2.35. The van der Waals surface area contributed by atoms with E-state index in [2.05, 4.69) is 62.8 Å².